The molecule has 0 aliphatic carbocycles. The second-order valence-corrected chi connectivity index (χ2v) is 10.2. The van der Waals surface area contributed by atoms with Crippen LogP contribution in [-0.4, -0.2) is 39.3 Å². The molecule has 2 aromatic heterocycles. The van der Waals surface area contributed by atoms with Crippen LogP contribution in [0.1, 0.15) is 36.8 Å². The van der Waals surface area contributed by atoms with Gasteiger partial charge in [-0.25, -0.2) is 14.8 Å². The van der Waals surface area contributed by atoms with E-state index in [9.17, 15) is 4.79 Å². The number of carbonyl (C=O) groups excluding carboxylic acids is 1. The number of aromatic nitrogens is 2. The van der Waals surface area contributed by atoms with Gasteiger partial charge < -0.3 is 26.1 Å². The van der Waals surface area contributed by atoms with Crippen molar-refractivity contribution in [2.45, 2.75) is 39.3 Å². The van der Waals surface area contributed by atoms with E-state index >= 15 is 0 Å². The molecule has 3 aromatic rings. The summed E-state index contributed by atoms with van der Waals surface area (Å²) < 4.78 is 6.31. The first-order valence-electron chi connectivity index (χ1n) is 9.76. The molecular weight excluding hydrogens is 480 g/mol. The van der Waals surface area contributed by atoms with Gasteiger partial charge >= 0.3 is 6.09 Å². The number of nitrogens with one attached hydrogen (secondary N) is 2. The molecule has 0 radical (unpaired) electrons. The first-order valence-corrected chi connectivity index (χ1v) is 11.4. The number of fused-ring (bicyclic) bond motifs is 3. The highest BCUT2D eigenvalue weighted by molar-refractivity contribution is 9.10. The van der Waals surface area contributed by atoms with Gasteiger partial charge in [0.1, 0.15) is 22.6 Å². The Bertz CT molecular complexity index is 1190. The van der Waals surface area contributed by atoms with Crippen LogP contribution in [0.2, 0.25) is 0 Å². The van der Waals surface area contributed by atoms with Gasteiger partial charge in [0, 0.05) is 33.4 Å². The van der Waals surface area contributed by atoms with E-state index in [1.165, 1.54) is 12.5 Å². The topological polar surface area (TPSA) is 117 Å². The summed E-state index contributed by atoms with van der Waals surface area (Å²) in [6, 6.07) is 3.58. The zero-order valence-corrected chi connectivity index (χ0v) is 19.9. The van der Waals surface area contributed by atoms with E-state index in [0.29, 0.717) is 36.6 Å². The van der Waals surface area contributed by atoms with Crippen LogP contribution >= 0.6 is 27.3 Å². The van der Waals surface area contributed by atoms with E-state index in [2.05, 4.69) is 31.2 Å². The van der Waals surface area contributed by atoms with Crippen molar-refractivity contribution in [2.75, 3.05) is 17.6 Å². The fourth-order valence-corrected chi connectivity index (χ4v) is 5.12. The number of nitrogen functional groups attached to an aromatic ring is 1. The summed E-state index contributed by atoms with van der Waals surface area (Å²) in [5.74, 6) is 0.689. The maximum Gasteiger partial charge on any atom is 0.410 e. The summed E-state index contributed by atoms with van der Waals surface area (Å²) in [6.07, 6.45) is 3.15. The van der Waals surface area contributed by atoms with Crippen LogP contribution in [0, 0.1) is 5.41 Å². The molecule has 4 N–H and O–H groups in total. The fourth-order valence-electron chi connectivity index (χ4n) is 3.46. The molecule has 1 aromatic carbocycles. The summed E-state index contributed by atoms with van der Waals surface area (Å²) in [7, 11) is 0. The molecule has 1 amide bonds. The van der Waals surface area contributed by atoms with Gasteiger partial charge in [0.05, 0.1) is 17.6 Å². The summed E-state index contributed by atoms with van der Waals surface area (Å²) in [5.41, 5.74) is 8.50. The van der Waals surface area contributed by atoms with Crippen LogP contribution < -0.4 is 11.1 Å². The van der Waals surface area contributed by atoms with E-state index in [4.69, 9.17) is 15.9 Å². The molecular formula is C21H23BrN6O2S. The lowest BCUT2D eigenvalue weighted by atomic mass is 10.1. The number of hydrogen-bond donors (Lipinski definition) is 3. The van der Waals surface area contributed by atoms with Crippen LogP contribution in [0.3, 0.4) is 0 Å². The average molecular weight is 503 g/mol. The van der Waals surface area contributed by atoms with Gasteiger partial charge in [-0.2, -0.15) is 0 Å². The summed E-state index contributed by atoms with van der Waals surface area (Å²) in [6.45, 7) is 6.67. The Morgan fingerprint density at radius 1 is 1.39 bits per heavy atom. The van der Waals surface area contributed by atoms with Gasteiger partial charge in [-0.1, -0.05) is 0 Å². The molecule has 1 aliphatic rings. The number of hydrogen-bond acceptors (Lipinski definition) is 8. The van der Waals surface area contributed by atoms with Gasteiger partial charge in [0.2, 0.25) is 0 Å². The molecule has 0 saturated heterocycles. The molecule has 31 heavy (non-hydrogen) atoms. The molecule has 0 fully saturated rings. The maximum atomic E-state index is 12.5. The Hall–Kier alpha value is -2.72. The van der Waals surface area contributed by atoms with Crippen molar-refractivity contribution in [1.82, 2.24) is 14.9 Å². The van der Waals surface area contributed by atoms with Crippen LogP contribution in [0.4, 0.5) is 22.0 Å². The van der Waals surface area contributed by atoms with Crippen molar-refractivity contribution in [3.05, 3.63) is 38.9 Å². The molecule has 0 unspecified atom stereocenters. The van der Waals surface area contributed by atoms with Crippen LogP contribution in [0.5, 0.6) is 0 Å². The second kappa shape index (κ2) is 8.08. The molecule has 3 heterocycles. The predicted octanol–water partition coefficient (Wildman–Crippen LogP) is 5.07. The Kier molecular flexibility index (Phi) is 5.61. The Morgan fingerprint density at radius 2 is 2.16 bits per heavy atom. The number of amides is 1. The number of nitrogens with two attached hydrogens (primary N) is 1. The van der Waals surface area contributed by atoms with E-state index in [0.717, 1.165) is 30.8 Å². The Labute approximate surface area is 192 Å². The lowest BCUT2D eigenvalue weighted by Crippen LogP contribution is -2.39. The zero-order chi connectivity index (χ0) is 22.3. The SMILES string of the molecule is CC(C)(C)OC(=O)N1CCc2c(sc3ncnc(Nc4cc(C=N)c(N)cc4Br)c23)C1. The minimum Gasteiger partial charge on any atom is -0.444 e. The second-order valence-electron chi connectivity index (χ2n) is 8.29. The van der Waals surface area contributed by atoms with Gasteiger partial charge in [0.25, 0.3) is 0 Å². The van der Waals surface area contributed by atoms with Gasteiger partial charge in [-0.15, -0.1) is 11.3 Å². The minimum absolute atomic E-state index is 0.301. The van der Waals surface area contributed by atoms with E-state index in [-0.39, 0.29) is 6.09 Å². The number of carbonyl (C=O) groups is 1. The summed E-state index contributed by atoms with van der Waals surface area (Å²) in [4.78, 5) is 25.1. The average Bonchev–Trinajstić information content (AvgIpc) is 3.07. The molecule has 4 rings (SSSR count). The van der Waals surface area contributed by atoms with Gasteiger partial charge in [-0.3, -0.25) is 0 Å². The molecule has 162 valence electrons. The number of halogens is 1. The third kappa shape index (κ3) is 4.35. The number of benzene rings is 1. The lowest BCUT2D eigenvalue weighted by molar-refractivity contribution is 0.0227. The van der Waals surface area contributed by atoms with Crippen LogP contribution in [0.25, 0.3) is 10.2 Å². The molecule has 0 spiro atoms. The first-order chi connectivity index (χ1) is 14.7. The van der Waals surface area contributed by atoms with E-state index in [1.54, 1.807) is 22.3 Å². The molecule has 10 heteroatoms. The highest BCUT2D eigenvalue weighted by atomic mass is 79.9. The van der Waals surface area contributed by atoms with E-state index in [1.807, 2.05) is 26.8 Å². The number of anilines is 3. The third-order valence-electron chi connectivity index (χ3n) is 4.87. The lowest BCUT2D eigenvalue weighted by Gasteiger charge is -2.30. The van der Waals surface area contributed by atoms with Crippen molar-refractivity contribution in [1.29, 1.82) is 5.41 Å². The summed E-state index contributed by atoms with van der Waals surface area (Å²) in [5, 5.41) is 11.9. The number of ether oxygens (including phenoxy) is 1. The van der Waals surface area contributed by atoms with Crippen molar-refractivity contribution in [2.24, 2.45) is 0 Å². The summed E-state index contributed by atoms with van der Waals surface area (Å²) >= 11 is 5.10. The Morgan fingerprint density at radius 3 is 2.87 bits per heavy atom. The fraction of sp³-hybridized carbons (Fsp3) is 0.333. The van der Waals surface area contributed by atoms with Crippen molar-refractivity contribution >= 4 is 67.0 Å². The molecule has 0 saturated carbocycles. The number of rotatable bonds is 3. The van der Waals surface area contributed by atoms with Gasteiger partial charge in [0.15, 0.2) is 0 Å². The van der Waals surface area contributed by atoms with Crippen molar-refractivity contribution < 1.29 is 9.53 Å². The monoisotopic (exact) mass is 502 g/mol. The minimum atomic E-state index is -0.526. The van der Waals surface area contributed by atoms with Gasteiger partial charge in [-0.05, 0) is 60.8 Å². The molecule has 1 aliphatic heterocycles. The molecule has 0 atom stereocenters. The van der Waals surface area contributed by atoms with Crippen LogP contribution in [0.15, 0.2) is 22.9 Å². The smallest absolute Gasteiger partial charge is 0.410 e. The quantitative estimate of drug-likeness (QED) is 0.339. The van der Waals surface area contributed by atoms with Crippen molar-refractivity contribution in [3.63, 3.8) is 0 Å². The van der Waals surface area contributed by atoms with Crippen molar-refractivity contribution in [3.8, 4) is 0 Å². The predicted molar refractivity (Wildman–Crippen MR) is 127 cm³/mol. The normalized spacial score (nSPS) is 13.7. The highest BCUT2D eigenvalue weighted by Gasteiger charge is 2.29. The largest absolute Gasteiger partial charge is 0.444 e. The Balaban J connectivity index is 1.67. The molecule has 8 nitrogen and oxygen atoms in total. The van der Waals surface area contributed by atoms with E-state index < -0.39 is 5.60 Å². The zero-order valence-electron chi connectivity index (χ0n) is 17.5. The first kappa shape index (κ1) is 21.5. The number of nitrogens with zero attached hydrogens (tertiary/aromatic N) is 3. The standard InChI is InChI=1S/C21H23BrN6O2S/c1-21(2,3)30-20(29)28-5-4-12-16(9-28)31-19-17(12)18(25-10-26-19)27-15-6-11(8-23)14(24)7-13(15)22/h6-8,10,23H,4-5,9,24H2,1-3H3,(H,25,26,27). The third-order valence-corrected chi connectivity index (χ3v) is 6.65. The molecule has 0 bridgehead atoms. The number of thiophene rings is 1. The highest BCUT2D eigenvalue weighted by Crippen LogP contribution is 2.39. The maximum absolute atomic E-state index is 12.5. The van der Waals surface area contributed by atoms with Crippen LogP contribution in [-0.2, 0) is 17.7 Å².